The zero-order valence-corrected chi connectivity index (χ0v) is 15.9. The molecule has 1 amide bonds. The second kappa shape index (κ2) is 8.45. The van der Waals surface area contributed by atoms with Crippen LogP contribution in [0.3, 0.4) is 0 Å². The standard InChI is InChI=1S/C22H24N4O/c1-15-9-10-16(2)19(13-15)25-22-24-17(3)14-20(26-22)21(27)23-12-11-18-7-5-4-6-8-18/h4-10,13-14H,11-12H2,1-3H3,(H,23,27)(H,24,25,26). The third-order valence-electron chi connectivity index (χ3n) is 4.27. The highest BCUT2D eigenvalue weighted by Gasteiger charge is 2.11. The van der Waals surface area contributed by atoms with Gasteiger partial charge in [0.2, 0.25) is 5.95 Å². The Bertz CT molecular complexity index is 938. The molecule has 2 aromatic carbocycles. The summed E-state index contributed by atoms with van der Waals surface area (Å²) in [4.78, 5) is 21.3. The maximum Gasteiger partial charge on any atom is 0.270 e. The molecule has 5 nitrogen and oxygen atoms in total. The first-order chi connectivity index (χ1) is 13.0. The van der Waals surface area contributed by atoms with E-state index in [4.69, 9.17) is 0 Å². The van der Waals surface area contributed by atoms with Crippen molar-refractivity contribution >= 4 is 17.5 Å². The smallest absolute Gasteiger partial charge is 0.270 e. The number of aryl methyl sites for hydroxylation is 3. The van der Waals surface area contributed by atoms with Crippen molar-refractivity contribution in [3.63, 3.8) is 0 Å². The maximum absolute atomic E-state index is 12.5. The predicted molar refractivity (Wildman–Crippen MR) is 108 cm³/mol. The van der Waals surface area contributed by atoms with Gasteiger partial charge in [0.25, 0.3) is 5.91 Å². The van der Waals surface area contributed by atoms with Crippen LogP contribution in [0.25, 0.3) is 0 Å². The predicted octanol–water partition coefficient (Wildman–Crippen LogP) is 4.12. The fourth-order valence-corrected chi connectivity index (χ4v) is 2.79. The summed E-state index contributed by atoms with van der Waals surface area (Å²) in [5, 5.41) is 6.16. The fraction of sp³-hybridized carbons (Fsp3) is 0.227. The highest BCUT2D eigenvalue weighted by Crippen LogP contribution is 2.20. The van der Waals surface area contributed by atoms with E-state index < -0.39 is 0 Å². The Kier molecular flexibility index (Phi) is 5.81. The number of carbonyl (C=O) groups excluding carboxylic acids is 1. The summed E-state index contributed by atoms with van der Waals surface area (Å²) in [6.45, 7) is 6.48. The van der Waals surface area contributed by atoms with Gasteiger partial charge >= 0.3 is 0 Å². The highest BCUT2D eigenvalue weighted by molar-refractivity contribution is 5.92. The summed E-state index contributed by atoms with van der Waals surface area (Å²) in [7, 11) is 0. The number of hydrogen-bond donors (Lipinski definition) is 2. The molecule has 0 spiro atoms. The van der Waals surface area contributed by atoms with Gasteiger partial charge in [-0.15, -0.1) is 0 Å². The van der Waals surface area contributed by atoms with Crippen LogP contribution in [0.5, 0.6) is 0 Å². The maximum atomic E-state index is 12.5. The van der Waals surface area contributed by atoms with Crippen LogP contribution < -0.4 is 10.6 Å². The zero-order chi connectivity index (χ0) is 19.2. The molecule has 2 N–H and O–H groups in total. The largest absolute Gasteiger partial charge is 0.350 e. The minimum atomic E-state index is -0.194. The lowest BCUT2D eigenvalue weighted by atomic mass is 10.1. The van der Waals surface area contributed by atoms with Gasteiger partial charge in [-0.3, -0.25) is 4.79 Å². The summed E-state index contributed by atoms with van der Waals surface area (Å²) in [6.07, 6.45) is 0.782. The van der Waals surface area contributed by atoms with Gasteiger partial charge in [-0.25, -0.2) is 9.97 Å². The molecule has 3 aromatic rings. The van der Waals surface area contributed by atoms with Crippen molar-refractivity contribution in [3.8, 4) is 0 Å². The SMILES string of the molecule is Cc1ccc(C)c(Nc2nc(C)cc(C(=O)NCCc3ccccc3)n2)c1. The Labute approximate surface area is 159 Å². The molecular formula is C22H24N4O. The number of nitrogens with zero attached hydrogens (tertiary/aromatic N) is 2. The van der Waals surface area contributed by atoms with Crippen molar-refractivity contribution in [2.24, 2.45) is 0 Å². The van der Waals surface area contributed by atoms with Crippen LogP contribution in [0.15, 0.2) is 54.6 Å². The van der Waals surface area contributed by atoms with E-state index >= 15 is 0 Å². The highest BCUT2D eigenvalue weighted by atomic mass is 16.1. The Morgan fingerprint density at radius 1 is 0.963 bits per heavy atom. The molecule has 0 saturated carbocycles. The Morgan fingerprint density at radius 2 is 1.74 bits per heavy atom. The van der Waals surface area contributed by atoms with E-state index in [2.05, 4.69) is 26.7 Å². The molecule has 0 fully saturated rings. The number of carbonyl (C=O) groups is 1. The van der Waals surface area contributed by atoms with Crippen LogP contribution in [0.1, 0.15) is 32.9 Å². The van der Waals surface area contributed by atoms with E-state index in [-0.39, 0.29) is 5.91 Å². The molecule has 27 heavy (non-hydrogen) atoms. The zero-order valence-electron chi connectivity index (χ0n) is 15.9. The Morgan fingerprint density at radius 3 is 2.52 bits per heavy atom. The molecule has 0 saturated heterocycles. The lowest BCUT2D eigenvalue weighted by Gasteiger charge is -2.11. The summed E-state index contributed by atoms with van der Waals surface area (Å²) >= 11 is 0. The van der Waals surface area contributed by atoms with Gasteiger partial charge in [0, 0.05) is 17.9 Å². The van der Waals surface area contributed by atoms with Crippen LogP contribution in [-0.2, 0) is 6.42 Å². The van der Waals surface area contributed by atoms with Crippen LogP contribution in [0.4, 0.5) is 11.6 Å². The van der Waals surface area contributed by atoms with Gasteiger partial charge in [-0.2, -0.15) is 0 Å². The van der Waals surface area contributed by atoms with Crippen LogP contribution >= 0.6 is 0 Å². The number of nitrogens with one attached hydrogen (secondary N) is 2. The third kappa shape index (κ3) is 5.14. The average molecular weight is 360 g/mol. The number of hydrogen-bond acceptors (Lipinski definition) is 4. The van der Waals surface area contributed by atoms with Gasteiger partial charge in [0.1, 0.15) is 5.69 Å². The third-order valence-corrected chi connectivity index (χ3v) is 4.27. The molecule has 0 unspecified atom stereocenters. The molecule has 0 aliphatic carbocycles. The first-order valence-corrected chi connectivity index (χ1v) is 9.03. The molecule has 138 valence electrons. The van der Waals surface area contributed by atoms with Crippen LogP contribution in [0, 0.1) is 20.8 Å². The minimum absolute atomic E-state index is 0.194. The second-order valence-electron chi connectivity index (χ2n) is 6.65. The Hall–Kier alpha value is -3.21. The molecule has 0 aliphatic rings. The fourth-order valence-electron chi connectivity index (χ4n) is 2.79. The first-order valence-electron chi connectivity index (χ1n) is 9.03. The van der Waals surface area contributed by atoms with Crippen molar-refractivity contribution < 1.29 is 4.79 Å². The molecule has 0 aliphatic heterocycles. The Balaban J connectivity index is 1.69. The van der Waals surface area contributed by atoms with Crippen LogP contribution in [-0.4, -0.2) is 22.4 Å². The molecular weight excluding hydrogens is 336 g/mol. The van der Waals surface area contributed by atoms with Crippen molar-refractivity contribution in [3.05, 3.63) is 82.7 Å². The van der Waals surface area contributed by atoms with E-state index in [0.29, 0.717) is 18.2 Å². The number of amides is 1. The van der Waals surface area contributed by atoms with Crippen LogP contribution in [0.2, 0.25) is 0 Å². The average Bonchev–Trinajstić information content (AvgIpc) is 2.65. The van der Waals surface area contributed by atoms with Gasteiger partial charge in [-0.05, 0) is 56.0 Å². The molecule has 1 heterocycles. The summed E-state index contributed by atoms with van der Waals surface area (Å²) in [6, 6.07) is 17.9. The molecule has 0 bridgehead atoms. The normalized spacial score (nSPS) is 10.5. The minimum Gasteiger partial charge on any atom is -0.350 e. The van der Waals surface area contributed by atoms with E-state index in [1.165, 1.54) is 5.56 Å². The first kappa shape index (κ1) is 18.6. The van der Waals surface area contributed by atoms with Crippen molar-refractivity contribution in [1.82, 2.24) is 15.3 Å². The van der Waals surface area contributed by atoms with E-state index in [0.717, 1.165) is 28.9 Å². The monoisotopic (exact) mass is 360 g/mol. The molecule has 0 radical (unpaired) electrons. The number of anilines is 2. The van der Waals surface area contributed by atoms with Crippen molar-refractivity contribution in [2.45, 2.75) is 27.2 Å². The van der Waals surface area contributed by atoms with E-state index in [1.807, 2.05) is 63.2 Å². The molecule has 3 rings (SSSR count). The lowest BCUT2D eigenvalue weighted by Crippen LogP contribution is -2.27. The summed E-state index contributed by atoms with van der Waals surface area (Å²) in [5.74, 6) is 0.234. The molecule has 5 heteroatoms. The quantitative estimate of drug-likeness (QED) is 0.694. The number of benzene rings is 2. The van der Waals surface area contributed by atoms with Gasteiger partial charge < -0.3 is 10.6 Å². The van der Waals surface area contributed by atoms with Crippen molar-refractivity contribution in [2.75, 3.05) is 11.9 Å². The number of aromatic nitrogens is 2. The van der Waals surface area contributed by atoms with E-state index in [9.17, 15) is 4.79 Å². The number of rotatable bonds is 6. The van der Waals surface area contributed by atoms with E-state index in [1.54, 1.807) is 6.07 Å². The summed E-state index contributed by atoms with van der Waals surface area (Å²) < 4.78 is 0. The second-order valence-corrected chi connectivity index (χ2v) is 6.65. The van der Waals surface area contributed by atoms with Crippen molar-refractivity contribution in [1.29, 1.82) is 0 Å². The lowest BCUT2D eigenvalue weighted by molar-refractivity contribution is 0.0949. The van der Waals surface area contributed by atoms with Gasteiger partial charge in [0.05, 0.1) is 0 Å². The molecule has 0 atom stereocenters. The van der Waals surface area contributed by atoms with Gasteiger partial charge in [-0.1, -0.05) is 42.5 Å². The van der Waals surface area contributed by atoms with Gasteiger partial charge in [0.15, 0.2) is 0 Å². The molecule has 1 aromatic heterocycles. The topological polar surface area (TPSA) is 66.9 Å². The summed E-state index contributed by atoms with van der Waals surface area (Å²) in [5.41, 5.74) is 5.48.